The lowest BCUT2D eigenvalue weighted by Crippen LogP contribution is -2.07. The van der Waals surface area contributed by atoms with E-state index in [-0.39, 0.29) is 12.0 Å². The van der Waals surface area contributed by atoms with Gasteiger partial charge in [-0.1, -0.05) is 0 Å². The van der Waals surface area contributed by atoms with E-state index in [2.05, 4.69) is 10.3 Å². The van der Waals surface area contributed by atoms with Crippen LogP contribution in [0.1, 0.15) is 30.7 Å². The third-order valence-electron chi connectivity index (χ3n) is 3.59. The predicted octanol–water partition coefficient (Wildman–Crippen LogP) is 3.83. The Bertz CT molecular complexity index is 783. The van der Waals surface area contributed by atoms with Gasteiger partial charge in [0.05, 0.1) is 12.3 Å². The summed E-state index contributed by atoms with van der Waals surface area (Å²) >= 11 is 1.41. The first kappa shape index (κ1) is 16.5. The van der Waals surface area contributed by atoms with Crippen LogP contribution in [0.5, 0.6) is 11.5 Å². The van der Waals surface area contributed by atoms with Crippen molar-refractivity contribution in [3.05, 3.63) is 40.4 Å². The predicted molar refractivity (Wildman–Crippen MR) is 95.9 cm³/mol. The van der Waals surface area contributed by atoms with Crippen LogP contribution in [0.4, 0.5) is 5.13 Å². The van der Waals surface area contributed by atoms with Gasteiger partial charge in [-0.05, 0) is 39.0 Å². The standard InChI is InChI=1S/C18H20N2O3S/c1-4-22-15-9-14-7-12(3)23-16(14)8-13(15)5-6-17(21)20-18-19-11(2)10-24-18/h5-6,8-10,12H,4,7H2,1-3H3,(H,19,20,21)/b6-5+. The molecular weight excluding hydrogens is 324 g/mol. The van der Waals surface area contributed by atoms with E-state index >= 15 is 0 Å². The highest BCUT2D eigenvalue weighted by Gasteiger charge is 2.21. The van der Waals surface area contributed by atoms with Crippen molar-refractivity contribution < 1.29 is 14.3 Å². The second kappa shape index (κ2) is 7.05. The second-order valence-electron chi connectivity index (χ2n) is 5.68. The molecule has 1 N–H and O–H groups in total. The van der Waals surface area contributed by atoms with E-state index in [0.29, 0.717) is 11.7 Å². The quantitative estimate of drug-likeness (QED) is 0.838. The maximum absolute atomic E-state index is 12.0. The van der Waals surface area contributed by atoms with E-state index in [1.807, 2.05) is 38.3 Å². The molecule has 0 saturated carbocycles. The number of ether oxygens (including phenoxy) is 2. The van der Waals surface area contributed by atoms with Gasteiger partial charge in [-0.2, -0.15) is 0 Å². The summed E-state index contributed by atoms with van der Waals surface area (Å²) in [6.45, 7) is 6.44. The van der Waals surface area contributed by atoms with Gasteiger partial charge in [0.25, 0.3) is 0 Å². The van der Waals surface area contributed by atoms with Crippen LogP contribution in [0.15, 0.2) is 23.6 Å². The Kier molecular flexibility index (Phi) is 4.85. The lowest BCUT2D eigenvalue weighted by atomic mass is 10.1. The number of carbonyl (C=O) groups is 1. The summed E-state index contributed by atoms with van der Waals surface area (Å²) in [4.78, 5) is 16.3. The van der Waals surface area contributed by atoms with Gasteiger partial charge in [-0.3, -0.25) is 10.1 Å². The molecule has 2 heterocycles. The first-order chi connectivity index (χ1) is 11.5. The van der Waals surface area contributed by atoms with Crippen molar-refractivity contribution in [1.82, 2.24) is 4.98 Å². The second-order valence-corrected chi connectivity index (χ2v) is 6.54. The van der Waals surface area contributed by atoms with Crippen molar-refractivity contribution in [2.45, 2.75) is 33.3 Å². The summed E-state index contributed by atoms with van der Waals surface area (Å²) in [7, 11) is 0. The first-order valence-corrected chi connectivity index (χ1v) is 8.80. The maximum Gasteiger partial charge on any atom is 0.250 e. The van der Waals surface area contributed by atoms with Gasteiger partial charge in [0.2, 0.25) is 5.91 Å². The van der Waals surface area contributed by atoms with Crippen LogP contribution in [-0.2, 0) is 11.2 Å². The minimum absolute atomic E-state index is 0.171. The zero-order valence-electron chi connectivity index (χ0n) is 14.0. The van der Waals surface area contributed by atoms with Crippen LogP contribution < -0.4 is 14.8 Å². The lowest BCUT2D eigenvalue weighted by molar-refractivity contribution is -0.111. The number of amides is 1. The van der Waals surface area contributed by atoms with Crippen molar-refractivity contribution in [3.63, 3.8) is 0 Å². The molecule has 2 aromatic rings. The number of carbonyl (C=O) groups excluding carboxylic acids is 1. The number of hydrogen-bond acceptors (Lipinski definition) is 5. The van der Waals surface area contributed by atoms with Crippen molar-refractivity contribution in [2.75, 3.05) is 11.9 Å². The number of aromatic nitrogens is 1. The molecule has 0 fully saturated rings. The van der Waals surface area contributed by atoms with E-state index in [1.165, 1.54) is 17.4 Å². The van der Waals surface area contributed by atoms with E-state index in [0.717, 1.165) is 34.7 Å². The Morgan fingerprint density at radius 2 is 2.38 bits per heavy atom. The minimum atomic E-state index is -0.221. The molecule has 1 aromatic heterocycles. The van der Waals surface area contributed by atoms with Crippen LogP contribution in [0.2, 0.25) is 0 Å². The molecule has 1 aromatic carbocycles. The Labute approximate surface area is 145 Å². The van der Waals surface area contributed by atoms with E-state index in [9.17, 15) is 4.79 Å². The monoisotopic (exact) mass is 344 g/mol. The Hall–Kier alpha value is -2.34. The van der Waals surface area contributed by atoms with Crippen LogP contribution in [0.3, 0.4) is 0 Å². The molecule has 3 rings (SSSR count). The smallest absolute Gasteiger partial charge is 0.250 e. The molecule has 0 aliphatic carbocycles. The lowest BCUT2D eigenvalue weighted by Gasteiger charge is -2.10. The number of thiazole rings is 1. The zero-order valence-corrected chi connectivity index (χ0v) is 14.8. The zero-order chi connectivity index (χ0) is 17.1. The molecule has 1 unspecified atom stereocenters. The number of nitrogens with zero attached hydrogens (tertiary/aromatic N) is 1. The number of anilines is 1. The molecule has 1 aliphatic heterocycles. The number of rotatable bonds is 5. The number of hydrogen-bond donors (Lipinski definition) is 1. The summed E-state index contributed by atoms with van der Waals surface area (Å²) in [6.07, 6.45) is 4.28. The fourth-order valence-corrected chi connectivity index (χ4v) is 3.28. The maximum atomic E-state index is 12.0. The highest BCUT2D eigenvalue weighted by Crippen LogP contribution is 2.35. The van der Waals surface area contributed by atoms with E-state index in [4.69, 9.17) is 9.47 Å². The van der Waals surface area contributed by atoms with Crippen molar-refractivity contribution in [2.24, 2.45) is 0 Å². The van der Waals surface area contributed by atoms with Gasteiger partial charge in [-0.15, -0.1) is 11.3 Å². The molecule has 1 aliphatic rings. The molecule has 1 atom stereocenters. The average molecular weight is 344 g/mol. The van der Waals surface area contributed by atoms with Crippen molar-refractivity contribution in [3.8, 4) is 11.5 Å². The minimum Gasteiger partial charge on any atom is -0.493 e. The fraction of sp³-hybridized carbons (Fsp3) is 0.333. The summed E-state index contributed by atoms with van der Waals surface area (Å²) in [5.41, 5.74) is 2.86. The summed E-state index contributed by atoms with van der Waals surface area (Å²) < 4.78 is 11.5. The largest absolute Gasteiger partial charge is 0.493 e. The molecule has 0 spiro atoms. The van der Waals surface area contributed by atoms with E-state index in [1.54, 1.807) is 6.08 Å². The SMILES string of the molecule is CCOc1cc2c(cc1/C=C/C(=O)Nc1nc(C)cs1)OC(C)C2. The average Bonchev–Trinajstić information content (AvgIpc) is 3.09. The number of benzene rings is 1. The van der Waals surface area contributed by atoms with Gasteiger partial charge in [-0.25, -0.2) is 4.98 Å². The normalized spacial score (nSPS) is 16.0. The number of aryl methyl sites for hydroxylation is 1. The molecular formula is C18H20N2O3S. The number of fused-ring (bicyclic) bond motifs is 1. The molecule has 1 amide bonds. The Morgan fingerprint density at radius 1 is 1.54 bits per heavy atom. The van der Waals surface area contributed by atoms with Crippen molar-refractivity contribution >= 4 is 28.5 Å². The highest BCUT2D eigenvalue weighted by molar-refractivity contribution is 7.13. The first-order valence-electron chi connectivity index (χ1n) is 7.92. The van der Waals surface area contributed by atoms with Gasteiger partial charge in [0.15, 0.2) is 5.13 Å². The molecule has 0 radical (unpaired) electrons. The number of nitrogens with one attached hydrogen (secondary N) is 1. The van der Waals surface area contributed by atoms with Crippen molar-refractivity contribution in [1.29, 1.82) is 0 Å². The topological polar surface area (TPSA) is 60.5 Å². The van der Waals surface area contributed by atoms with E-state index < -0.39 is 0 Å². The molecule has 6 heteroatoms. The van der Waals surface area contributed by atoms with Gasteiger partial charge >= 0.3 is 0 Å². The Balaban J connectivity index is 1.78. The van der Waals surface area contributed by atoms with Gasteiger partial charge in [0, 0.05) is 29.0 Å². The van der Waals surface area contributed by atoms with Gasteiger partial charge in [0.1, 0.15) is 17.6 Å². The molecule has 126 valence electrons. The van der Waals surface area contributed by atoms with Crippen LogP contribution >= 0.6 is 11.3 Å². The third-order valence-corrected chi connectivity index (χ3v) is 4.47. The third kappa shape index (κ3) is 3.76. The summed E-state index contributed by atoms with van der Waals surface area (Å²) in [6, 6.07) is 3.94. The highest BCUT2D eigenvalue weighted by atomic mass is 32.1. The van der Waals surface area contributed by atoms with Crippen LogP contribution in [0.25, 0.3) is 6.08 Å². The Morgan fingerprint density at radius 3 is 3.08 bits per heavy atom. The fourth-order valence-electron chi connectivity index (χ4n) is 2.59. The molecule has 0 saturated heterocycles. The van der Waals surface area contributed by atoms with Crippen LogP contribution in [-0.4, -0.2) is 23.6 Å². The van der Waals surface area contributed by atoms with Gasteiger partial charge < -0.3 is 9.47 Å². The molecule has 5 nitrogen and oxygen atoms in total. The molecule has 0 bridgehead atoms. The molecule has 24 heavy (non-hydrogen) atoms. The summed E-state index contributed by atoms with van der Waals surface area (Å²) in [5.74, 6) is 1.41. The van der Waals surface area contributed by atoms with Crippen LogP contribution in [0, 0.1) is 6.92 Å². The summed E-state index contributed by atoms with van der Waals surface area (Å²) in [5, 5.41) is 5.24.